The number of rotatable bonds is 4. The Bertz CT molecular complexity index is 309. The average molecular weight is 220 g/mol. The molecule has 1 aromatic rings. The number of pyridine rings is 1. The van der Waals surface area contributed by atoms with Gasteiger partial charge in [-0.1, -0.05) is 6.92 Å². The van der Waals surface area contributed by atoms with Crippen LogP contribution in [0.2, 0.25) is 0 Å². The number of aliphatic hydroxyl groups excluding tert-OH is 1. The Morgan fingerprint density at radius 1 is 1.31 bits per heavy atom. The molecule has 2 unspecified atom stereocenters. The molecule has 3 nitrogen and oxygen atoms in total. The second kappa shape index (κ2) is 5.41. The highest BCUT2D eigenvalue weighted by atomic mass is 16.3. The minimum absolute atomic E-state index is 0.240. The van der Waals surface area contributed by atoms with Crippen LogP contribution in [0.25, 0.3) is 0 Å². The largest absolute Gasteiger partial charge is 0.396 e. The lowest BCUT2D eigenvalue weighted by Crippen LogP contribution is -2.31. The fourth-order valence-electron chi connectivity index (χ4n) is 2.58. The van der Waals surface area contributed by atoms with E-state index in [9.17, 15) is 5.11 Å². The third-order valence-corrected chi connectivity index (χ3v) is 3.41. The number of hydrogen-bond donors (Lipinski definition) is 1. The van der Waals surface area contributed by atoms with Crippen LogP contribution < -0.4 is 0 Å². The molecule has 0 radical (unpaired) electrons. The molecule has 1 aromatic heterocycles. The van der Waals surface area contributed by atoms with Gasteiger partial charge in [-0.2, -0.15) is 0 Å². The highest BCUT2D eigenvalue weighted by molar-refractivity contribution is 5.16. The lowest BCUT2D eigenvalue weighted by atomic mass is 9.94. The van der Waals surface area contributed by atoms with E-state index >= 15 is 0 Å². The quantitative estimate of drug-likeness (QED) is 0.841. The lowest BCUT2D eigenvalue weighted by molar-refractivity contribution is 0.126. The van der Waals surface area contributed by atoms with Crippen molar-refractivity contribution in [1.82, 2.24) is 9.88 Å². The Hall–Kier alpha value is -0.930. The maximum absolute atomic E-state index is 9.38. The molecule has 2 atom stereocenters. The first kappa shape index (κ1) is 11.6. The average Bonchev–Trinajstić information content (AvgIpc) is 2.84. The second-order valence-corrected chi connectivity index (χ2v) is 4.63. The van der Waals surface area contributed by atoms with Gasteiger partial charge in [0, 0.05) is 25.0 Å². The van der Waals surface area contributed by atoms with E-state index in [-0.39, 0.29) is 12.5 Å². The molecule has 0 aromatic carbocycles. The van der Waals surface area contributed by atoms with Crippen LogP contribution in [0.1, 0.15) is 31.4 Å². The van der Waals surface area contributed by atoms with Crippen molar-refractivity contribution in [1.29, 1.82) is 0 Å². The Balaban J connectivity index is 2.20. The van der Waals surface area contributed by atoms with Crippen molar-refractivity contribution in [2.75, 3.05) is 19.7 Å². The van der Waals surface area contributed by atoms with E-state index in [0.717, 1.165) is 13.1 Å². The number of nitrogens with zero attached hydrogens (tertiary/aromatic N) is 2. The molecule has 0 bridgehead atoms. The highest BCUT2D eigenvalue weighted by Crippen LogP contribution is 2.30. The molecule has 1 N–H and O–H groups in total. The smallest absolute Gasteiger partial charge is 0.0474 e. The van der Waals surface area contributed by atoms with Crippen molar-refractivity contribution in [3.05, 3.63) is 30.1 Å². The molecule has 2 heterocycles. The Labute approximate surface area is 97.1 Å². The van der Waals surface area contributed by atoms with E-state index in [1.807, 2.05) is 12.4 Å². The van der Waals surface area contributed by atoms with Gasteiger partial charge in [0.2, 0.25) is 0 Å². The summed E-state index contributed by atoms with van der Waals surface area (Å²) in [5.74, 6) is 0.278. The number of aliphatic hydroxyl groups is 1. The molecule has 0 saturated carbocycles. The monoisotopic (exact) mass is 220 g/mol. The van der Waals surface area contributed by atoms with Crippen molar-refractivity contribution in [3.8, 4) is 0 Å². The summed E-state index contributed by atoms with van der Waals surface area (Å²) in [6.45, 7) is 4.65. The molecular weight excluding hydrogens is 200 g/mol. The fourth-order valence-corrected chi connectivity index (χ4v) is 2.58. The highest BCUT2D eigenvalue weighted by Gasteiger charge is 2.27. The van der Waals surface area contributed by atoms with Crippen molar-refractivity contribution in [3.63, 3.8) is 0 Å². The molecule has 88 valence electrons. The zero-order valence-corrected chi connectivity index (χ0v) is 9.84. The van der Waals surface area contributed by atoms with Crippen molar-refractivity contribution in [2.24, 2.45) is 5.92 Å². The zero-order chi connectivity index (χ0) is 11.4. The minimum Gasteiger partial charge on any atom is -0.396 e. The molecule has 2 rings (SSSR count). The first-order chi connectivity index (χ1) is 7.83. The van der Waals surface area contributed by atoms with Gasteiger partial charge in [-0.25, -0.2) is 0 Å². The van der Waals surface area contributed by atoms with Gasteiger partial charge < -0.3 is 5.11 Å². The SMILES string of the molecule is CC(CO)C(c1ccncc1)N1CCCC1. The number of hydrogen-bond acceptors (Lipinski definition) is 3. The molecule has 0 aliphatic carbocycles. The van der Waals surface area contributed by atoms with E-state index in [1.54, 1.807) is 0 Å². The second-order valence-electron chi connectivity index (χ2n) is 4.63. The first-order valence-electron chi connectivity index (χ1n) is 6.07. The topological polar surface area (TPSA) is 36.4 Å². The van der Waals surface area contributed by atoms with Gasteiger partial charge in [0.15, 0.2) is 0 Å². The number of aromatic nitrogens is 1. The summed E-state index contributed by atoms with van der Waals surface area (Å²) >= 11 is 0. The summed E-state index contributed by atoms with van der Waals surface area (Å²) in [6, 6.07) is 4.47. The van der Waals surface area contributed by atoms with Crippen LogP contribution in [0.4, 0.5) is 0 Å². The molecule has 16 heavy (non-hydrogen) atoms. The molecule has 0 amide bonds. The van der Waals surface area contributed by atoms with Crippen LogP contribution in [-0.2, 0) is 0 Å². The van der Waals surface area contributed by atoms with Crippen LogP contribution in [0.3, 0.4) is 0 Å². The van der Waals surface area contributed by atoms with Gasteiger partial charge in [0.1, 0.15) is 0 Å². The van der Waals surface area contributed by atoms with Gasteiger partial charge in [0.25, 0.3) is 0 Å². The van der Waals surface area contributed by atoms with E-state index in [4.69, 9.17) is 0 Å². The van der Waals surface area contributed by atoms with Gasteiger partial charge in [-0.15, -0.1) is 0 Å². The van der Waals surface area contributed by atoms with E-state index < -0.39 is 0 Å². The van der Waals surface area contributed by atoms with Crippen LogP contribution in [0.5, 0.6) is 0 Å². The van der Waals surface area contributed by atoms with Gasteiger partial charge in [-0.3, -0.25) is 9.88 Å². The summed E-state index contributed by atoms with van der Waals surface area (Å²) in [7, 11) is 0. The molecule has 1 aliphatic rings. The number of likely N-dealkylation sites (tertiary alicyclic amines) is 1. The third kappa shape index (κ3) is 2.42. The van der Waals surface area contributed by atoms with Crippen LogP contribution in [-0.4, -0.2) is 34.7 Å². The van der Waals surface area contributed by atoms with Gasteiger partial charge in [0.05, 0.1) is 0 Å². The van der Waals surface area contributed by atoms with E-state index in [1.165, 1.54) is 18.4 Å². The zero-order valence-electron chi connectivity index (χ0n) is 9.84. The summed E-state index contributed by atoms with van der Waals surface area (Å²) < 4.78 is 0. The molecule has 1 saturated heterocycles. The van der Waals surface area contributed by atoms with E-state index in [0.29, 0.717) is 6.04 Å². The van der Waals surface area contributed by atoms with E-state index in [2.05, 4.69) is 28.9 Å². The minimum atomic E-state index is 0.240. The summed E-state index contributed by atoms with van der Waals surface area (Å²) in [6.07, 6.45) is 6.23. The molecular formula is C13H20N2O. The maximum Gasteiger partial charge on any atom is 0.0474 e. The summed E-state index contributed by atoms with van der Waals surface area (Å²) in [5.41, 5.74) is 1.28. The van der Waals surface area contributed by atoms with Gasteiger partial charge >= 0.3 is 0 Å². The Morgan fingerprint density at radius 3 is 2.50 bits per heavy atom. The Kier molecular flexibility index (Phi) is 3.91. The van der Waals surface area contributed by atoms with Crippen molar-refractivity contribution in [2.45, 2.75) is 25.8 Å². The third-order valence-electron chi connectivity index (χ3n) is 3.41. The fraction of sp³-hybridized carbons (Fsp3) is 0.615. The molecule has 0 spiro atoms. The van der Waals surface area contributed by atoms with Gasteiger partial charge in [-0.05, 0) is 49.5 Å². The van der Waals surface area contributed by atoms with Crippen LogP contribution in [0.15, 0.2) is 24.5 Å². The predicted molar refractivity (Wildman–Crippen MR) is 64.0 cm³/mol. The van der Waals surface area contributed by atoms with Crippen molar-refractivity contribution < 1.29 is 5.11 Å². The summed E-state index contributed by atoms with van der Waals surface area (Å²) in [4.78, 5) is 6.54. The van der Waals surface area contributed by atoms with Crippen LogP contribution >= 0.6 is 0 Å². The molecule has 1 aliphatic heterocycles. The van der Waals surface area contributed by atoms with Crippen molar-refractivity contribution >= 4 is 0 Å². The lowest BCUT2D eigenvalue weighted by Gasteiger charge is -2.32. The van der Waals surface area contributed by atoms with Crippen LogP contribution in [0, 0.1) is 5.92 Å². The molecule has 1 fully saturated rings. The Morgan fingerprint density at radius 2 is 1.94 bits per heavy atom. The standard InChI is InChI=1S/C13H20N2O/c1-11(10-16)13(15-8-2-3-9-15)12-4-6-14-7-5-12/h4-7,11,13,16H,2-3,8-10H2,1H3. The maximum atomic E-state index is 9.38. The predicted octanol–water partition coefficient (Wildman–Crippen LogP) is 1.85. The normalized spacial score (nSPS) is 20.9. The molecule has 3 heteroatoms. The summed E-state index contributed by atoms with van der Waals surface area (Å²) in [5, 5.41) is 9.38. The first-order valence-corrected chi connectivity index (χ1v) is 6.07.